The molecular weight excluding hydrogens is 378 g/mol. The molecule has 0 aliphatic carbocycles. The van der Waals surface area contributed by atoms with Crippen molar-refractivity contribution in [3.8, 4) is 0 Å². The summed E-state index contributed by atoms with van der Waals surface area (Å²) in [5.74, 6) is -0.232. The second-order valence-corrected chi connectivity index (χ2v) is 9.07. The maximum Gasteiger partial charge on any atom is 0.251 e. The summed E-state index contributed by atoms with van der Waals surface area (Å²) in [5.41, 5.74) is 1.73. The summed E-state index contributed by atoms with van der Waals surface area (Å²) in [6.07, 6.45) is 2.01. The fourth-order valence-corrected chi connectivity index (χ4v) is 3.64. The van der Waals surface area contributed by atoms with Gasteiger partial charge in [-0.3, -0.25) is 9.59 Å². The van der Waals surface area contributed by atoms with Crippen LogP contribution in [0.25, 0.3) is 0 Å². The molecule has 0 saturated heterocycles. The highest BCUT2D eigenvalue weighted by Gasteiger charge is 2.20. The van der Waals surface area contributed by atoms with Crippen molar-refractivity contribution in [3.05, 3.63) is 64.1 Å². The summed E-state index contributed by atoms with van der Waals surface area (Å²) in [4.78, 5) is 26.7. The lowest BCUT2D eigenvalue weighted by Gasteiger charge is -2.23. The average molecular weight is 406 g/mol. The normalized spacial score (nSPS) is 11.6. The minimum Gasteiger partial charge on any atom is -0.337 e. The van der Waals surface area contributed by atoms with Crippen LogP contribution in [0.5, 0.6) is 0 Å². The van der Waals surface area contributed by atoms with E-state index in [4.69, 9.17) is 0 Å². The third-order valence-corrected chi connectivity index (χ3v) is 6.18. The molecule has 8 heteroatoms. The van der Waals surface area contributed by atoms with Gasteiger partial charge in [-0.15, -0.1) is 0 Å². The number of aromatic nitrogens is 1. The van der Waals surface area contributed by atoms with Crippen molar-refractivity contribution in [2.75, 3.05) is 20.6 Å². The van der Waals surface area contributed by atoms with Crippen molar-refractivity contribution >= 4 is 15.9 Å². The summed E-state index contributed by atoms with van der Waals surface area (Å²) in [6.45, 7) is 4.77. The molecular formula is C20H27N3O4S. The highest BCUT2D eigenvalue weighted by atomic mass is 32.2. The van der Waals surface area contributed by atoms with Gasteiger partial charge in [-0.05, 0) is 25.0 Å². The lowest BCUT2D eigenvalue weighted by molar-refractivity contribution is -0.132. The molecule has 1 amide bonds. The predicted molar refractivity (Wildman–Crippen MR) is 108 cm³/mol. The van der Waals surface area contributed by atoms with Crippen molar-refractivity contribution in [3.63, 3.8) is 0 Å². The Hall–Kier alpha value is -2.45. The third-order valence-electron chi connectivity index (χ3n) is 4.38. The van der Waals surface area contributed by atoms with Crippen LogP contribution < -0.4 is 5.56 Å². The van der Waals surface area contributed by atoms with Crippen LogP contribution >= 0.6 is 0 Å². The smallest absolute Gasteiger partial charge is 0.251 e. The summed E-state index contributed by atoms with van der Waals surface area (Å²) in [7, 11) is -0.852. The van der Waals surface area contributed by atoms with E-state index in [1.165, 1.54) is 32.4 Å². The fraction of sp³-hybridized carbons (Fsp3) is 0.400. The number of rotatable bonds is 8. The molecule has 0 saturated carbocycles. The molecule has 0 atom stereocenters. The summed E-state index contributed by atoms with van der Waals surface area (Å²) < 4.78 is 26.8. The highest BCUT2D eigenvalue weighted by molar-refractivity contribution is 7.89. The number of carbonyl (C=O) groups is 1. The molecule has 0 aliphatic heterocycles. The Morgan fingerprint density at radius 3 is 2.29 bits per heavy atom. The molecule has 0 unspecified atom stereocenters. The van der Waals surface area contributed by atoms with Crippen molar-refractivity contribution in [2.24, 2.45) is 0 Å². The molecule has 1 aromatic carbocycles. The Bertz CT molecular complexity index is 979. The van der Waals surface area contributed by atoms with Crippen molar-refractivity contribution in [1.82, 2.24) is 13.8 Å². The van der Waals surface area contributed by atoms with Crippen LogP contribution in [0.4, 0.5) is 0 Å². The van der Waals surface area contributed by atoms with Gasteiger partial charge in [-0.2, -0.15) is 0 Å². The molecule has 0 radical (unpaired) electrons. The zero-order valence-corrected chi connectivity index (χ0v) is 17.6. The van der Waals surface area contributed by atoms with Crippen LogP contribution in [0.1, 0.15) is 24.5 Å². The molecule has 28 heavy (non-hydrogen) atoms. The Kier molecular flexibility index (Phi) is 7.15. The molecule has 152 valence electrons. The highest BCUT2D eigenvalue weighted by Crippen LogP contribution is 2.12. The summed E-state index contributed by atoms with van der Waals surface area (Å²) in [5, 5.41) is 0. The lowest BCUT2D eigenvalue weighted by Crippen LogP contribution is -2.36. The number of pyridine rings is 1. The number of carbonyl (C=O) groups excluding carboxylic acids is 1. The zero-order chi connectivity index (χ0) is 20.9. The number of sulfonamides is 1. The maximum absolute atomic E-state index is 12.8. The van der Waals surface area contributed by atoms with Gasteiger partial charge in [0.2, 0.25) is 15.9 Å². The second-order valence-electron chi connectivity index (χ2n) is 6.92. The number of hydrogen-bond acceptors (Lipinski definition) is 4. The van der Waals surface area contributed by atoms with E-state index in [2.05, 4.69) is 0 Å². The minimum absolute atomic E-state index is 0.0227. The summed E-state index contributed by atoms with van der Waals surface area (Å²) >= 11 is 0. The van der Waals surface area contributed by atoms with Crippen LogP contribution in [-0.4, -0.2) is 48.7 Å². The quantitative estimate of drug-likeness (QED) is 0.671. The molecule has 0 aliphatic rings. The molecule has 0 spiro atoms. The van der Waals surface area contributed by atoms with E-state index < -0.39 is 15.6 Å². The monoisotopic (exact) mass is 405 g/mol. The molecule has 0 fully saturated rings. The predicted octanol–water partition coefficient (Wildman–Crippen LogP) is 1.85. The number of hydrogen-bond donors (Lipinski definition) is 0. The van der Waals surface area contributed by atoms with Gasteiger partial charge >= 0.3 is 0 Å². The topological polar surface area (TPSA) is 79.7 Å². The molecule has 7 nitrogen and oxygen atoms in total. The maximum atomic E-state index is 12.8. The van der Waals surface area contributed by atoms with Crippen LogP contribution in [0, 0.1) is 6.92 Å². The van der Waals surface area contributed by atoms with Crippen molar-refractivity contribution in [1.29, 1.82) is 0 Å². The van der Waals surface area contributed by atoms with Gasteiger partial charge in [-0.1, -0.05) is 36.8 Å². The zero-order valence-electron chi connectivity index (χ0n) is 16.8. The number of aryl methyl sites for hydroxylation is 1. The molecule has 2 rings (SSSR count). The van der Waals surface area contributed by atoms with E-state index in [9.17, 15) is 18.0 Å². The summed E-state index contributed by atoms with van der Waals surface area (Å²) in [6, 6.07) is 10.4. The number of benzene rings is 1. The van der Waals surface area contributed by atoms with Gasteiger partial charge in [0.05, 0.1) is 4.90 Å². The van der Waals surface area contributed by atoms with Crippen LogP contribution in [0.3, 0.4) is 0 Å². The first-order chi connectivity index (χ1) is 13.1. The second kappa shape index (κ2) is 9.16. The van der Waals surface area contributed by atoms with E-state index >= 15 is 0 Å². The number of nitrogens with zero attached hydrogens (tertiary/aromatic N) is 3. The third kappa shape index (κ3) is 5.30. The Labute approximate surface area is 166 Å². The Morgan fingerprint density at radius 2 is 1.71 bits per heavy atom. The Morgan fingerprint density at radius 1 is 1.07 bits per heavy atom. The molecule has 1 heterocycles. The van der Waals surface area contributed by atoms with E-state index in [1.54, 1.807) is 4.90 Å². The standard InChI is InChI=1S/C20H27N3O4S/c1-5-12-22(13-17-8-6-16(2)7-9-17)20(25)15-23-14-18(10-11-19(23)24)28(26,27)21(3)4/h6-11,14H,5,12-13,15H2,1-4H3. The molecule has 0 N–H and O–H groups in total. The first-order valence-electron chi connectivity index (χ1n) is 9.11. The SMILES string of the molecule is CCCN(Cc1ccc(C)cc1)C(=O)Cn1cc(S(=O)(=O)N(C)C)ccc1=O. The Balaban J connectivity index is 2.25. The first-order valence-corrected chi connectivity index (χ1v) is 10.6. The average Bonchev–Trinajstić information content (AvgIpc) is 2.64. The first kappa shape index (κ1) is 21.8. The van der Waals surface area contributed by atoms with Crippen molar-refractivity contribution in [2.45, 2.75) is 38.3 Å². The van der Waals surface area contributed by atoms with Gasteiger partial charge in [0.25, 0.3) is 5.56 Å². The van der Waals surface area contributed by atoms with Gasteiger partial charge in [-0.25, -0.2) is 12.7 Å². The molecule has 0 bridgehead atoms. The van der Waals surface area contributed by atoms with E-state index in [0.717, 1.165) is 26.4 Å². The molecule has 1 aromatic heterocycles. The number of amides is 1. The van der Waals surface area contributed by atoms with E-state index in [-0.39, 0.29) is 17.3 Å². The largest absolute Gasteiger partial charge is 0.337 e. The van der Waals surface area contributed by atoms with Crippen LogP contribution in [0.2, 0.25) is 0 Å². The lowest BCUT2D eigenvalue weighted by atomic mass is 10.1. The van der Waals surface area contributed by atoms with Gasteiger partial charge in [0, 0.05) is 39.4 Å². The minimum atomic E-state index is -3.69. The van der Waals surface area contributed by atoms with Crippen LogP contribution in [-0.2, 0) is 27.9 Å². The van der Waals surface area contributed by atoms with Crippen LogP contribution in [0.15, 0.2) is 52.3 Å². The van der Waals surface area contributed by atoms with Gasteiger partial charge in [0.15, 0.2) is 0 Å². The van der Waals surface area contributed by atoms with E-state index in [0.29, 0.717) is 13.1 Å². The van der Waals surface area contributed by atoms with Gasteiger partial charge < -0.3 is 9.47 Å². The fourth-order valence-electron chi connectivity index (χ4n) is 2.72. The van der Waals surface area contributed by atoms with Gasteiger partial charge in [0.1, 0.15) is 6.54 Å². The van der Waals surface area contributed by atoms with Crippen molar-refractivity contribution < 1.29 is 13.2 Å². The molecule has 2 aromatic rings. The van der Waals surface area contributed by atoms with E-state index in [1.807, 2.05) is 38.1 Å².